The van der Waals surface area contributed by atoms with Gasteiger partial charge in [-0.2, -0.15) is 0 Å². The Kier molecular flexibility index (Phi) is 31.0. The summed E-state index contributed by atoms with van der Waals surface area (Å²) in [5.74, 6) is 0.649. The lowest BCUT2D eigenvalue weighted by Gasteiger charge is -2.12. The highest BCUT2D eigenvalue weighted by Gasteiger charge is 2.09. The molecule has 0 bridgehead atoms. The van der Waals surface area contributed by atoms with Gasteiger partial charge in [0.15, 0.2) is 5.78 Å². The molecule has 2 N–H and O–H groups in total. The lowest BCUT2D eigenvalue weighted by molar-refractivity contribution is -0.141. The number of hydrogen-bond donors (Lipinski definition) is 1. The molecule has 0 unspecified atom stereocenters. The quantitative estimate of drug-likeness (QED) is 0.112. The van der Waals surface area contributed by atoms with Crippen LogP contribution in [0.2, 0.25) is 0 Å². The molecule has 0 aliphatic rings. The molecular weight excluding hydrogens is 530 g/mol. The predicted molar refractivity (Wildman–Crippen MR) is 183 cm³/mol. The SMILES string of the molecule is C.CC.CCCCCCCc1ccc(C(=O)CCC[C@@H](C)CCCc2ccccc2C)cc1.CCOC(=O)CN.Cl.[HH]. The van der Waals surface area contributed by atoms with Crippen LogP contribution in [0.3, 0.4) is 0 Å². The van der Waals surface area contributed by atoms with Crippen molar-refractivity contribution in [1.82, 2.24) is 0 Å². The largest absolute Gasteiger partial charge is 0.465 e. The Morgan fingerprint density at radius 2 is 1.46 bits per heavy atom. The molecule has 0 aliphatic heterocycles. The topological polar surface area (TPSA) is 69.4 Å². The molecule has 0 spiro atoms. The number of esters is 1. The van der Waals surface area contributed by atoms with E-state index in [1.54, 1.807) is 6.92 Å². The highest BCUT2D eigenvalue weighted by molar-refractivity contribution is 5.96. The van der Waals surface area contributed by atoms with Crippen LogP contribution in [-0.2, 0) is 22.4 Å². The van der Waals surface area contributed by atoms with Gasteiger partial charge in [0.25, 0.3) is 0 Å². The normalized spacial score (nSPS) is 10.4. The van der Waals surface area contributed by atoms with Crippen LogP contribution in [0.1, 0.15) is 135 Å². The third-order valence-electron chi connectivity index (χ3n) is 6.82. The first-order valence-corrected chi connectivity index (χ1v) is 15.4. The summed E-state index contributed by atoms with van der Waals surface area (Å²) in [5.41, 5.74) is 10.0. The van der Waals surface area contributed by atoms with Crippen LogP contribution in [0.15, 0.2) is 48.5 Å². The predicted octanol–water partition coefficient (Wildman–Crippen LogP) is 10.4. The molecule has 0 saturated carbocycles. The number of carbonyl (C=O) groups excluding carboxylic acids is 2. The second-order valence-electron chi connectivity index (χ2n) is 10.1. The Balaban J connectivity index is -0.000000528. The number of benzene rings is 2. The van der Waals surface area contributed by atoms with E-state index in [-0.39, 0.29) is 33.8 Å². The number of unbranched alkanes of at least 4 members (excludes halogenated alkanes) is 4. The Morgan fingerprint density at radius 3 is 2.02 bits per heavy atom. The van der Waals surface area contributed by atoms with E-state index < -0.39 is 0 Å². The Hall–Kier alpha value is -2.17. The first-order chi connectivity index (χ1) is 18.9. The molecule has 1 atom stereocenters. The number of nitrogens with two attached hydrogens (primary N) is 1. The fourth-order valence-corrected chi connectivity index (χ4v) is 4.44. The first-order valence-electron chi connectivity index (χ1n) is 15.4. The Labute approximate surface area is 261 Å². The van der Waals surface area contributed by atoms with E-state index in [9.17, 15) is 9.59 Å². The molecule has 0 radical (unpaired) electrons. The van der Waals surface area contributed by atoms with Gasteiger partial charge in [0.05, 0.1) is 13.2 Å². The molecule has 2 aromatic carbocycles. The number of ether oxygens (including phenoxy) is 1. The first kappa shape index (κ1) is 43.3. The van der Waals surface area contributed by atoms with Gasteiger partial charge >= 0.3 is 5.97 Å². The summed E-state index contributed by atoms with van der Waals surface area (Å²) in [6.45, 7) is 12.9. The minimum Gasteiger partial charge on any atom is -0.465 e. The fourth-order valence-electron chi connectivity index (χ4n) is 4.44. The van der Waals surface area contributed by atoms with Crippen LogP contribution in [0.5, 0.6) is 0 Å². The Morgan fingerprint density at radius 1 is 0.854 bits per heavy atom. The third kappa shape index (κ3) is 22.1. The second kappa shape index (κ2) is 29.3. The molecule has 2 rings (SSSR count). The van der Waals surface area contributed by atoms with Crippen LogP contribution in [0.25, 0.3) is 0 Å². The second-order valence-corrected chi connectivity index (χ2v) is 10.1. The van der Waals surface area contributed by atoms with E-state index in [2.05, 4.69) is 61.9 Å². The van der Waals surface area contributed by atoms with Gasteiger partial charge in [0, 0.05) is 13.4 Å². The van der Waals surface area contributed by atoms with Crippen LogP contribution in [0, 0.1) is 12.8 Å². The molecule has 0 fully saturated rings. The lowest BCUT2D eigenvalue weighted by atomic mass is 9.94. The molecule has 0 heterocycles. The van der Waals surface area contributed by atoms with Crippen molar-refractivity contribution in [3.63, 3.8) is 0 Å². The van der Waals surface area contributed by atoms with E-state index in [4.69, 9.17) is 5.73 Å². The number of halogens is 1. The van der Waals surface area contributed by atoms with Gasteiger partial charge in [-0.1, -0.05) is 122 Å². The fraction of sp³-hybridized carbons (Fsp3) is 0.611. The van der Waals surface area contributed by atoms with Crippen molar-refractivity contribution in [3.05, 3.63) is 70.8 Å². The van der Waals surface area contributed by atoms with Crippen molar-refractivity contribution >= 4 is 24.2 Å². The summed E-state index contributed by atoms with van der Waals surface area (Å²) in [6.07, 6.45) is 14.2. The summed E-state index contributed by atoms with van der Waals surface area (Å²) in [7, 11) is 0. The maximum Gasteiger partial charge on any atom is 0.319 e. The zero-order valence-electron chi connectivity index (χ0n) is 26.3. The zero-order chi connectivity index (χ0) is 29.3. The van der Waals surface area contributed by atoms with E-state index in [1.165, 1.54) is 68.1 Å². The maximum absolute atomic E-state index is 12.5. The highest BCUT2D eigenvalue weighted by atomic mass is 35.5. The lowest BCUT2D eigenvalue weighted by Crippen LogP contribution is -2.16. The van der Waals surface area contributed by atoms with Crippen LogP contribution < -0.4 is 5.73 Å². The van der Waals surface area contributed by atoms with Crippen molar-refractivity contribution in [1.29, 1.82) is 0 Å². The van der Waals surface area contributed by atoms with E-state index in [0.29, 0.717) is 24.7 Å². The number of Topliss-reactive ketones (excluding diaryl/α,β-unsaturated/α-hetero) is 1. The molecule has 0 aliphatic carbocycles. The third-order valence-corrected chi connectivity index (χ3v) is 6.82. The van der Waals surface area contributed by atoms with Crippen LogP contribution >= 0.6 is 12.4 Å². The molecule has 2 aromatic rings. The summed E-state index contributed by atoms with van der Waals surface area (Å²) >= 11 is 0. The highest BCUT2D eigenvalue weighted by Crippen LogP contribution is 2.19. The minimum atomic E-state index is -0.345. The number of hydrogen-bond acceptors (Lipinski definition) is 4. The molecule has 0 saturated heterocycles. The van der Waals surface area contributed by atoms with Crippen molar-refractivity contribution < 1.29 is 15.8 Å². The van der Waals surface area contributed by atoms with Crippen molar-refractivity contribution in [2.75, 3.05) is 13.2 Å². The van der Waals surface area contributed by atoms with Gasteiger partial charge in [0.1, 0.15) is 0 Å². The van der Waals surface area contributed by atoms with Gasteiger partial charge in [-0.3, -0.25) is 9.59 Å². The monoisotopic (exact) mass is 593 g/mol. The number of carbonyl (C=O) groups is 2. The van der Waals surface area contributed by atoms with Gasteiger partial charge in [0.2, 0.25) is 0 Å². The average molecular weight is 594 g/mol. The number of ketones is 1. The van der Waals surface area contributed by atoms with E-state index in [0.717, 1.165) is 24.8 Å². The van der Waals surface area contributed by atoms with Gasteiger partial charge in [-0.05, 0) is 68.6 Å². The molecule has 4 nitrogen and oxygen atoms in total. The van der Waals surface area contributed by atoms with Gasteiger partial charge in [-0.15, -0.1) is 12.4 Å². The van der Waals surface area contributed by atoms with Crippen molar-refractivity contribution in [2.24, 2.45) is 11.7 Å². The zero-order valence-corrected chi connectivity index (χ0v) is 27.1. The summed E-state index contributed by atoms with van der Waals surface area (Å²) in [4.78, 5) is 22.6. The van der Waals surface area contributed by atoms with E-state index >= 15 is 0 Å². The van der Waals surface area contributed by atoms with Gasteiger partial charge < -0.3 is 10.5 Å². The molecule has 238 valence electrons. The van der Waals surface area contributed by atoms with Crippen LogP contribution in [0.4, 0.5) is 0 Å². The number of rotatable bonds is 17. The molecule has 0 aromatic heterocycles. The maximum atomic E-state index is 12.5. The van der Waals surface area contributed by atoms with Crippen molar-refractivity contribution in [3.8, 4) is 0 Å². The Bertz CT molecular complexity index is 889. The summed E-state index contributed by atoms with van der Waals surface area (Å²) in [6, 6.07) is 17.1. The summed E-state index contributed by atoms with van der Waals surface area (Å²) in [5, 5.41) is 0. The number of aryl methyl sites for hydroxylation is 3. The molecule has 0 amide bonds. The smallest absolute Gasteiger partial charge is 0.319 e. The van der Waals surface area contributed by atoms with E-state index in [1.807, 2.05) is 26.0 Å². The molecule has 5 heteroatoms. The van der Waals surface area contributed by atoms with Crippen LogP contribution in [-0.4, -0.2) is 24.9 Å². The van der Waals surface area contributed by atoms with Crippen molar-refractivity contribution in [2.45, 2.75) is 126 Å². The minimum absolute atomic E-state index is 0. The standard InChI is InChI=1S/C29H42O.C4H9NO2.C2H6.CH4.ClH.H2/c1-4-5-6-7-8-16-26-20-22-28(23-21-26)29(30)19-12-14-24(2)13-11-18-27-17-10-9-15-25(27)3;1-2-7-4(6)3-5;1-2;;;/h9-10,15,17,20-24H,4-8,11-14,16,18-19H2,1-3H3;2-3,5H2,1H3;1-2H3;1H4;2*1H/t24-;;;;;/m0...../s1. The molecule has 41 heavy (non-hydrogen) atoms. The molecular formula is C36H64ClNO3. The summed E-state index contributed by atoms with van der Waals surface area (Å²) < 4.78 is 4.43. The average Bonchev–Trinajstić information content (AvgIpc) is 2.96. The van der Waals surface area contributed by atoms with Gasteiger partial charge in [-0.25, -0.2) is 0 Å².